The van der Waals surface area contributed by atoms with Gasteiger partial charge in [-0.3, -0.25) is 0 Å². The fourth-order valence-electron chi connectivity index (χ4n) is 1.42. The number of benzene rings is 1. The molecule has 17 heavy (non-hydrogen) atoms. The molecule has 0 unspecified atom stereocenters. The molecule has 0 amide bonds. The van der Waals surface area contributed by atoms with Crippen molar-refractivity contribution in [1.29, 1.82) is 0 Å². The van der Waals surface area contributed by atoms with E-state index >= 15 is 0 Å². The van der Waals surface area contributed by atoms with Crippen LogP contribution < -0.4 is 0 Å². The van der Waals surface area contributed by atoms with E-state index in [0.717, 1.165) is 23.5 Å². The van der Waals surface area contributed by atoms with Crippen molar-refractivity contribution in [2.45, 2.75) is 13.1 Å². The average molecular weight is 261 g/mol. The monoisotopic (exact) mass is 261 g/mol. The fraction of sp³-hybridized carbons (Fsp3) is 0.182. The predicted molar refractivity (Wildman–Crippen MR) is 57.2 cm³/mol. The number of thiazole rings is 1. The van der Waals surface area contributed by atoms with Crippen LogP contribution in [0.4, 0.5) is 17.6 Å². The molecule has 1 aromatic carbocycles. The number of aromatic nitrogens is 1. The van der Waals surface area contributed by atoms with E-state index in [1.807, 2.05) is 0 Å². The molecule has 0 saturated heterocycles. The molecule has 0 radical (unpaired) electrons. The Labute approximate surface area is 98.7 Å². The van der Waals surface area contributed by atoms with Crippen LogP contribution in [0.3, 0.4) is 0 Å². The molecule has 6 heteroatoms. The second kappa shape index (κ2) is 4.10. The van der Waals surface area contributed by atoms with Gasteiger partial charge in [0.25, 0.3) is 0 Å². The highest BCUT2D eigenvalue weighted by Gasteiger charge is 2.34. The average Bonchev–Trinajstić information content (AvgIpc) is 2.63. The summed E-state index contributed by atoms with van der Waals surface area (Å²) in [5.74, 6) is -0.908. The summed E-state index contributed by atoms with van der Waals surface area (Å²) < 4.78 is 51.1. The first-order valence-corrected chi connectivity index (χ1v) is 5.55. The summed E-state index contributed by atoms with van der Waals surface area (Å²) >= 11 is 1.11. The van der Waals surface area contributed by atoms with Crippen LogP contribution in [0.25, 0.3) is 10.6 Å². The van der Waals surface area contributed by atoms with Gasteiger partial charge in [-0.05, 0) is 25.1 Å². The van der Waals surface area contributed by atoms with Gasteiger partial charge in [-0.2, -0.15) is 13.2 Å². The third-order valence-corrected chi connectivity index (χ3v) is 3.13. The number of hydrogen-bond acceptors (Lipinski definition) is 2. The summed E-state index contributed by atoms with van der Waals surface area (Å²) in [4.78, 5) is 3.98. The minimum Gasteiger partial charge on any atom is -0.241 e. The smallest absolute Gasteiger partial charge is 0.241 e. The molecular weight excluding hydrogens is 254 g/mol. The van der Waals surface area contributed by atoms with E-state index in [4.69, 9.17) is 0 Å². The van der Waals surface area contributed by atoms with E-state index in [1.165, 1.54) is 0 Å². The van der Waals surface area contributed by atoms with E-state index in [1.54, 1.807) is 12.3 Å². The minimum absolute atomic E-state index is 0.0861. The molecule has 2 aromatic rings. The van der Waals surface area contributed by atoms with Crippen molar-refractivity contribution < 1.29 is 17.6 Å². The highest BCUT2D eigenvalue weighted by molar-refractivity contribution is 7.13. The Morgan fingerprint density at radius 1 is 1.24 bits per heavy atom. The maximum absolute atomic E-state index is 12.9. The van der Waals surface area contributed by atoms with Gasteiger partial charge in [0.2, 0.25) is 0 Å². The summed E-state index contributed by atoms with van der Waals surface area (Å²) in [6, 6.07) is 2.60. The lowest BCUT2D eigenvalue weighted by atomic mass is 10.1. The molecule has 0 fully saturated rings. The second-order valence-electron chi connectivity index (χ2n) is 3.48. The van der Waals surface area contributed by atoms with Crippen LogP contribution in [-0.2, 0) is 6.18 Å². The third kappa shape index (κ3) is 2.46. The number of alkyl halides is 3. The Bertz CT molecular complexity index is 545. The van der Waals surface area contributed by atoms with Crippen molar-refractivity contribution in [3.05, 3.63) is 40.7 Å². The van der Waals surface area contributed by atoms with Crippen molar-refractivity contribution in [2.75, 3.05) is 0 Å². The number of nitrogens with zero attached hydrogens (tertiary/aromatic N) is 1. The van der Waals surface area contributed by atoms with E-state index in [2.05, 4.69) is 4.98 Å². The van der Waals surface area contributed by atoms with E-state index in [-0.39, 0.29) is 10.6 Å². The molecule has 1 heterocycles. The highest BCUT2D eigenvalue weighted by atomic mass is 32.1. The van der Waals surface area contributed by atoms with Crippen molar-refractivity contribution in [3.8, 4) is 10.6 Å². The third-order valence-electron chi connectivity index (χ3n) is 2.14. The van der Waals surface area contributed by atoms with Crippen molar-refractivity contribution in [1.82, 2.24) is 4.98 Å². The maximum atomic E-state index is 12.9. The van der Waals surface area contributed by atoms with E-state index < -0.39 is 17.6 Å². The SMILES string of the molecule is Cc1csc(-c2ccc(F)cc2C(F)(F)F)n1. The molecule has 2 rings (SSSR count). The summed E-state index contributed by atoms with van der Waals surface area (Å²) in [5, 5.41) is 1.90. The van der Waals surface area contributed by atoms with Crippen molar-refractivity contribution >= 4 is 11.3 Å². The van der Waals surface area contributed by atoms with E-state index in [0.29, 0.717) is 11.8 Å². The number of rotatable bonds is 1. The van der Waals surface area contributed by atoms with Gasteiger partial charge in [0.15, 0.2) is 0 Å². The van der Waals surface area contributed by atoms with Crippen LogP contribution in [0.2, 0.25) is 0 Å². The zero-order chi connectivity index (χ0) is 12.6. The van der Waals surface area contributed by atoms with Gasteiger partial charge in [-0.15, -0.1) is 11.3 Å². The van der Waals surface area contributed by atoms with Crippen LogP contribution in [0, 0.1) is 12.7 Å². The van der Waals surface area contributed by atoms with Gasteiger partial charge in [0.05, 0.1) is 5.56 Å². The Balaban J connectivity index is 2.61. The summed E-state index contributed by atoms with van der Waals surface area (Å²) in [5.41, 5.74) is -0.439. The molecule has 90 valence electrons. The van der Waals surface area contributed by atoms with Crippen molar-refractivity contribution in [3.63, 3.8) is 0 Å². The first-order valence-electron chi connectivity index (χ1n) is 4.67. The Morgan fingerprint density at radius 2 is 1.94 bits per heavy atom. The first-order chi connectivity index (χ1) is 7.88. The summed E-state index contributed by atoms with van der Waals surface area (Å²) in [6.45, 7) is 1.69. The van der Waals surface area contributed by atoms with Crippen LogP contribution in [0.1, 0.15) is 11.3 Å². The molecule has 0 bridgehead atoms. The molecule has 0 N–H and O–H groups in total. The van der Waals surface area contributed by atoms with Gasteiger partial charge in [-0.1, -0.05) is 0 Å². The quantitative estimate of drug-likeness (QED) is 0.698. The lowest BCUT2D eigenvalue weighted by Crippen LogP contribution is -2.07. The zero-order valence-corrected chi connectivity index (χ0v) is 9.49. The number of aryl methyl sites for hydroxylation is 1. The Kier molecular flexibility index (Phi) is 2.91. The molecule has 0 aliphatic carbocycles. The molecule has 1 aromatic heterocycles. The second-order valence-corrected chi connectivity index (χ2v) is 4.34. The van der Waals surface area contributed by atoms with Gasteiger partial charge < -0.3 is 0 Å². The van der Waals surface area contributed by atoms with Crippen LogP contribution in [-0.4, -0.2) is 4.98 Å². The molecule has 0 spiro atoms. The van der Waals surface area contributed by atoms with Gasteiger partial charge in [0, 0.05) is 16.6 Å². The largest absolute Gasteiger partial charge is 0.417 e. The summed E-state index contributed by atoms with van der Waals surface area (Å²) in [6.07, 6.45) is -4.59. The van der Waals surface area contributed by atoms with Crippen molar-refractivity contribution in [2.24, 2.45) is 0 Å². The van der Waals surface area contributed by atoms with Gasteiger partial charge in [0.1, 0.15) is 10.8 Å². The molecular formula is C11H7F4NS. The lowest BCUT2D eigenvalue weighted by Gasteiger charge is -2.10. The van der Waals surface area contributed by atoms with Crippen LogP contribution in [0.15, 0.2) is 23.6 Å². The maximum Gasteiger partial charge on any atom is 0.417 e. The number of hydrogen-bond donors (Lipinski definition) is 0. The molecule has 0 saturated carbocycles. The molecule has 1 nitrogen and oxygen atoms in total. The van der Waals surface area contributed by atoms with Crippen LogP contribution >= 0.6 is 11.3 Å². The summed E-state index contributed by atoms with van der Waals surface area (Å²) in [7, 11) is 0. The molecule has 0 aliphatic rings. The standard InChI is InChI=1S/C11H7F4NS/c1-6-5-17-10(16-6)8-3-2-7(12)4-9(8)11(13,14)15/h2-5H,1H3. The lowest BCUT2D eigenvalue weighted by molar-refractivity contribution is -0.137. The highest BCUT2D eigenvalue weighted by Crippen LogP contribution is 2.38. The van der Waals surface area contributed by atoms with Crippen LogP contribution in [0.5, 0.6) is 0 Å². The predicted octanol–water partition coefficient (Wildman–Crippen LogP) is 4.28. The van der Waals surface area contributed by atoms with E-state index in [9.17, 15) is 17.6 Å². The minimum atomic E-state index is -4.59. The number of halogens is 4. The van der Waals surface area contributed by atoms with Gasteiger partial charge >= 0.3 is 6.18 Å². The topological polar surface area (TPSA) is 12.9 Å². The fourth-order valence-corrected chi connectivity index (χ4v) is 2.25. The first kappa shape index (κ1) is 12.0. The Hall–Kier alpha value is -1.43. The molecule has 0 atom stereocenters. The zero-order valence-electron chi connectivity index (χ0n) is 8.68. The van der Waals surface area contributed by atoms with Gasteiger partial charge in [-0.25, -0.2) is 9.37 Å². The normalized spacial score (nSPS) is 11.8. The Morgan fingerprint density at radius 3 is 2.47 bits per heavy atom. The molecule has 0 aliphatic heterocycles.